The molecule has 0 bridgehead atoms. The third-order valence-corrected chi connectivity index (χ3v) is 5.42. The number of hydrogen-bond donors (Lipinski definition) is 1. The molecule has 1 N–H and O–H groups in total. The fraction of sp³-hybridized carbons (Fsp3) is 0.417. The lowest BCUT2D eigenvalue weighted by molar-refractivity contribution is -0.155. The van der Waals surface area contributed by atoms with Crippen LogP contribution in [0, 0.1) is 5.92 Å². The standard InChI is InChI=1S/C24H29NO5/c26-22(23(27)29-17-20-7-3-1-4-8-20)12-11-19-13-15-25(16-14-19)24(28)30-18-21-9-5-2-6-10-21/h1-10,19,22,26H,11-18H2. The lowest BCUT2D eigenvalue weighted by Crippen LogP contribution is -2.39. The summed E-state index contributed by atoms with van der Waals surface area (Å²) in [5.41, 5.74) is 1.86. The maximum absolute atomic E-state index is 12.2. The summed E-state index contributed by atoms with van der Waals surface area (Å²) in [6.07, 6.45) is 1.38. The average Bonchev–Trinajstić information content (AvgIpc) is 2.81. The van der Waals surface area contributed by atoms with E-state index in [-0.39, 0.29) is 19.3 Å². The van der Waals surface area contributed by atoms with Gasteiger partial charge < -0.3 is 19.5 Å². The number of piperidine rings is 1. The van der Waals surface area contributed by atoms with Crippen molar-refractivity contribution >= 4 is 12.1 Å². The van der Waals surface area contributed by atoms with Crippen LogP contribution in [0.15, 0.2) is 60.7 Å². The number of likely N-dealkylation sites (tertiary alicyclic amines) is 1. The Morgan fingerprint density at radius 1 is 0.900 bits per heavy atom. The Kier molecular flexibility index (Phi) is 8.27. The van der Waals surface area contributed by atoms with Gasteiger partial charge in [0, 0.05) is 13.1 Å². The van der Waals surface area contributed by atoms with Gasteiger partial charge in [0.2, 0.25) is 0 Å². The lowest BCUT2D eigenvalue weighted by Gasteiger charge is -2.31. The van der Waals surface area contributed by atoms with Gasteiger partial charge in [-0.15, -0.1) is 0 Å². The second-order valence-electron chi connectivity index (χ2n) is 7.66. The molecule has 1 atom stereocenters. The molecule has 2 aromatic carbocycles. The summed E-state index contributed by atoms with van der Waals surface area (Å²) in [7, 11) is 0. The first-order valence-electron chi connectivity index (χ1n) is 10.5. The molecule has 1 aliphatic rings. The number of carbonyl (C=O) groups excluding carboxylic acids is 2. The number of amides is 1. The fourth-order valence-electron chi connectivity index (χ4n) is 3.55. The molecule has 0 saturated carbocycles. The quantitative estimate of drug-likeness (QED) is 0.667. The third-order valence-electron chi connectivity index (χ3n) is 5.42. The van der Waals surface area contributed by atoms with Crippen molar-refractivity contribution in [3.05, 3.63) is 71.8 Å². The molecular formula is C24H29NO5. The Hall–Kier alpha value is -2.86. The second kappa shape index (κ2) is 11.4. The van der Waals surface area contributed by atoms with Gasteiger partial charge in [-0.1, -0.05) is 60.7 Å². The zero-order valence-electron chi connectivity index (χ0n) is 17.1. The van der Waals surface area contributed by atoms with E-state index in [1.165, 1.54) is 0 Å². The molecule has 30 heavy (non-hydrogen) atoms. The molecule has 1 fully saturated rings. The Balaban J connectivity index is 1.31. The van der Waals surface area contributed by atoms with Crippen LogP contribution in [0.2, 0.25) is 0 Å². The predicted octanol–water partition coefficient (Wildman–Crippen LogP) is 3.92. The molecule has 0 aliphatic carbocycles. The Morgan fingerprint density at radius 3 is 2.00 bits per heavy atom. The highest BCUT2D eigenvalue weighted by Gasteiger charge is 2.25. The molecule has 1 aliphatic heterocycles. The Morgan fingerprint density at radius 2 is 1.43 bits per heavy atom. The first kappa shape index (κ1) is 21.8. The number of nitrogens with zero attached hydrogens (tertiary/aromatic N) is 1. The van der Waals surface area contributed by atoms with E-state index in [4.69, 9.17) is 9.47 Å². The van der Waals surface area contributed by atoms with E-state index in [0.717, 1.165) is 30.4 Å². The summed E-state index contributed by atoms with van der Waals surface area (Å²) >= 11 is 0. The second-order valence-corrected chi connectivity index (χ2v) is 7.66. The van der Waals surface area contributed by atoms with Crippen LogP contribution in [0.4, 0.5) is 4.79 Å². The molecule has 0 radical (unpaired) electrons. The van der Waals surface area contributed by atoms with Gasteiger partial charge in [0.05, 0.1) is 0 Å². The third kappa shape index (κ3) is 6.88. The van der Waals surface area contributed by atoms with Crippen molar-refractivity contribution in [2.24, 2.45) is 5.92 Å². The largest absolute Gasteiger partial charge is 0.459 e. The molecule has 1 amide bonds. The van der Waals surface area contributed by atoms with Gasteiger partial charge in [0.15, 0.2) is 6.10 Å². The number of hydrogen-bond acceptors (Lipinski definition) is 5. The molecule has 6 nitrogen and oxygen atoms in total. The van der Waals surface area contributed by atoms with Crippen molar-refractivity contribution in [3.63, 3.8) is 0 Å². The van der Waals surface area contributed by atoms with Crippen LogP contribution in [0.1, 0.15) is 36.8 Å². The summed E-state index contributed by atoms with van der Waals surface area (Å²) < 4.78 is 10.6. The van der Waals surface area contributed by atoms with Crippen LogP contribution >= 0.6 is 0 Å². The van der Waals surface area contributed by atoms with Crippen molar-refractivity contribution in [2.45, 2.75) is 45.0 Å². The minimum absolute atomic E-state index is 0.167. The zero-order valence-corrected chi connectivity index (χ0v) is 17.1. The number of benzene rings is 2. The normalized spacial score (nSPS) is 15.4. The summed E-state index contributed by atoms with van der Waals surface area (Å²) in [4.78, 5) is 25.9. The molecule has 6 heteroatoms. The molecule has 3 rings (SSSR count). The Bertz CT molecular complexity index is 788. The highest BCUT2D eigenvalue weighted by atomic mass is 16.6. The summed E-state index contributed by atoms with van der Waals surface area (Å²) in [6.45, 7) is 1.71. The van der Waals surface area contributed by atoms with E-state index in [1.54, 1.807) is 4.90 Å². The molecule has 0 spiro atoms. The van der Waals surface area contributed by atoms with Crippen LogP contribution in [-0.2, 0) is 27.5 Å². The number of aliphatic hydroxyl groups is 1. The number of rotatable bonds is 8. The maximum Gasteiger partial charge on any atom is 0.410 e. The number of aliphatic hydroxyl groups excluding tert-OH is 1. The average molecular weight is 411 g/mol. The van der Waals surface area contributed by atoms with E-state index in [0.29, 0.717) is 25.4 Å². The van der Waals surface area contributed by atoms with E-state index in [2.05, 4.69) is 0 Å². The predicted molar refractivity (Wildman–Crippen MR) is 112 cm³/mol. The summed E-state index contributed by atoms with van der Waals surface area (Å²) in [5.74, 6) is -0.208. The van der Waals surface area contributed by atoms with Crippen LogP contribution in [0.5, 0.6) is 0 Å². The number of esters is 1. The zero-order chi connectivity index (χ0) is 21.2. The van der Waals surface area contributed by atoms with Gasteiger partial charge in [0.1, 0.15) is 13.2 Å². The monoisotopic (exact) mass is 411 g/mol. The van der Waals surface area contributed by atoms with Gasteiger partial charge in [-0.25, -0.2) is 9.59 Å². The molecule has 160 valence electrons. The van der Waals surface area contributed by atoms with Crippen LogP contribution in [-0.4, -0.2) is 41.3 Å². The maximum atomic E-state index is 12.2. The van der Waals surface area contributed by atoms with Crippen LogP contribution in [0.3, 0.4) is 0 Å². The van der Waals surface area contributed by atoms with E-state index in [9.17, 15) is 14.7 Å². The minimum atomic E-state index is -1.11. The summed E-state index contributed by atoms with van der Waals surface area (Å²) in [6, 6.07) is 19.0. The molecule has 1 heterocycles. The van der Waals surface area contributed by atoms with E-state index in [1.807, 2.05) is 60.7 Å². The number of carbonyl (C=O) groups is 2. The minimum Gasteiger partial charge on any atom is -0.459 e. The highest BCUT2D eigenvalue weighted by Crippen LogP contribution is 2.23. The van der Waals surface area contributed by atoms with Crippen molar-refractivity contribution < 1.29 is 24.2 Å². The lowest BCUT2D eigenvalue weighted by atomic mass is 9.91. The topological polar surface area (TPSA) is 76.1 Å². The molecule has 2 aromatic rings. The van der Waals surface area contributed by atoms with Gasteiger partial charge in [0.25, 0.3) is 0 Å². The summed E-state index contributed by atoms with van der Waals surface area (Å²) in [5, 5.41) is 10.1. The molecule has 0 aromatic heterocycles. The first-order valence-corrected chi connectivity index (χ1v) is 10.5. The van der Waals surface area contributed by atoms with Crippen molar-refractivity contribution in [2.75, 3.05) is 13.1 Å². The fourth-order valence-corrected chi connectivity index (χ4v) is 3.55. The van der Waals surface area contributed by atoms with Gasteiger partial charge in [-0.3, -0.25) is 0 Å². The highest BCUT2D eigenvalue weighted by molar-refractivity contribution is 5.74. The smallest absolute Gasteiger partial charge is 0.410 e. The van der Waals surface area contributed by atoms with Gasteiger partial charge in [-0.2, -0.15) is 0 Å². The molecule has 1 saturated heterocycles. The number of ether oxygens (including phenoxy) is 2. The van der Waals surface area contributed by atoms with Crippen LogP contribution < -0.4 is 0 Å². The van der Waals surface area contributed by atoms with Crippen LogP contribution in [0.25, 0.3) is 0 Å². The van der Waals surface area contributed by atoms with Crippen molar-refractivity contribution in [3.8, 4) is 0 Å². The van der Waals surface area contributed by atoms with Crippen molar-refractivity contribution in [1.29, 1.82) is 0 Å². The SMILES string of the molecule is O=C(OCc1ccccc1)C(O)CCC1CCN(C(=O)OCc2ccccc2)CC1. The van der Waals surface area contributed by atoms with Gasteiger partial charge in [-0.05, 0) is 42.7 Å². The first-order chi connectivity index (χ1) is 14.6. The van der Waals surface area contributed by atoms with Gasteiger partial charge >= 0.3 is 12.1 Å². The van der Waals surface area contributed by atoms with E-state index < -0.39 is 12.1 Å². The molecular weight excluding hydrogens is 382 g/mol. The Labute approximate surface area is 177 Å². The molecule has 1 unspecified atom stereocenters. The van der Waals surface area contributed by atoms with Crippen molar-refractivity contribution in [1.82, 2.24) is 4.90 Å². The van der Waals surface area contributed by atoms with E-state index >= 15 is 0 Å².